The topological polar surface area (TPSA) is 51.0 Å². The molecule has 0 fully saturated rings. The van der Waals surface area contributed by atoms with Gasteiger partial charge in [0.1, 0.15) is 0 Å². The number of nitrogens with one attached hydrogen (secondary N) is 1. The van der Waals surface area contributed by atoms with Crippen LogP contribution in [0, 0.1) is 0 Å². The van der Waals surface area contributed by atoms with E-state index < -0.39 is 0 Å². The highest BCUT2D eigenvalue weighted by molar-refractivity contribution is 5.85. The van der Waals surface area contributed by atoms with Gasteiger partial charge in [-0.2, -0.15) is 4.98 Å². The Morgan fingerprint density at radius 1 is 1.50 bits per heavy atom. The van der Waals surface area contributed by atoms with Gasteiger partial charge in [-0.1, -0.05) is 17.3 Å². The Hall–Kier alpha value is -0.870. The molecule has 5 heteroatoms. The summed E-state index contributed by atoms with van der Waals surface area (Å²) < 4.78 is 5.27. The van der Waals surface area contributed by atoms with E-state index in [-0.39, 0.29) is 12.4 Å². The summed E-state index contributed by atoms with van der Waals surface area (Å²) in [5.74, 6) is 2.01. The molecule has 4 nitrogen and oxygen atoms in total. The van der Waals surface area contributed by atoms with Crippen molar-refractivity contribution in [1.82, 2.24) is 15.5 Å². The van der Waals surface area contributed by atoms with Crippen molar-refractivity contribution < 1.29 is 4.52 Å². The van der Waals surface area contributed by atoms with Gasteiger partial charge in [0.25, 0.3) is 0 Å². The SMILES string of the molecule is CNC(C)Cc1noc(C2CC=CC2)n1.Cl. The molecule has 0 radical (unpaired) electrons. The van der Waals surface area contributed by atoms with Crippen LogP contribution < -0.4 is 5.32 Å². The summed E-state index contributed by atoms with van der Waals surface area (Å²) in [6.45, 7) is 2.10. The van der Waals surface area contributed by atoms with E-state index in [1.54, 1.807) is 0 Å². The zero-order chi connectivity index (χ0) is 10.7. The molecule has 16 heavy (non-hydrogen) atoms. The van der Waals surface area contributed by atoms with Crippen molar-refractivity contribution in [2.75, 3.05) is 7.05 Å². The molecule has 0 aromatic carbocycles. The smallest absolute Gasteiger partial charge is 0.230 e. The van der Waals surface area contributed by atoms with Crippen molar-refractivity contribution in [3.63, 3.8) is 0 Å². The Bertz CT molecular complexity index is 343. The van der Waals surface area contributed by atoms with Crippen molar-refractivity contribution in [1.29, 1.82) is 0 Å². The Kier molecular flexibility index (Phi) is 4.96. The number of likely N-dealkylation sites (N-methyl/N-ethyl adjacent to an activating group) is 1. The van der Waals surface area contributed by atoms with Crippen LogP contribution in [0.4, 0.5) is 0 Å². The van der Waals surface area contributed by atoms with E-state index >= 15 is 0 Å². The fraction of sp³-hybridized carbons (Fsp3) is 0.636. The average Bonchev–Trinajstić information content (AvgIpc) is 2.85. The predicted octanol–water partition coefficient (Wildman–Crippen LogP) is 2.08. The molecule has 0 spiro atoms. The van der Waals surface area contributed by atoms with Gasteiger partial charge in [-0.15, -0.1) is 12.4 Å². The van der Waals surface area contributed by atoms with Crippen molar-refractivity contribution in [2.24, 2.45) is 0 Å². The Labute approximate surface area is 102 Å². The minimum absolute atomic E-state index is 0. The summed E-state index contributed by atoms with van der Waals surface area (Å²) >= 11 is 0. The molecule has 1 unspecified atom stereocenters. The molecule has 1 aromatic rings. The molecule has 1 aliphatic carbocycles. The number of aromatic nitrogens is 2. The van der Waals surface area contributed by atoms with E-state index in [2.05, 4.69) is 34.5 Å². The summed E-state index contributed by atoms with van der Waals surface area (Å²) in [4.78, 5) is 4.42. The minimum atomic E-state index is 0. The lowest BCUT2D eigenvalue weighted by Gasteiger charge is -2.05. The monoisotopic (exact) mass is 243 g/mol. The quantitative estimate of drug-likeness (QED) is 0.823. The number of allylic oxidation sites excluding steroid dienone is 2. The maximum Gasteiger partial charge on any atom is 0.230 e. The van der Waals surface area contributed by atoms with Gasteiger partial charge in [0.2, 0.25) is 5.89 Å². The Balaban J connectivity index is 0.00000128. The van der Waals surface area contributed by atoms with Gasteiger partial charge < -0.3 is 9.84 Å². The third kappa shape index (κ3) is 3.06. The Morgan fingerprint density at radius 3 is 2.81 bits per heavy atom. The fourth-order valence-electron chi connectivity index (χ4n) is 1.71. The van der Waals surface area contributed by atoms with Gasteiger partial charge in [-0.3, -0.25) is 0 Å². The maximum atomic E-state index is 5.27. The van der Waals surface area contributed by atoms with Crippen LogP contribution in [0.5, 0.6) is 0 Å². The lowest BCUT2D eigenvalue weighted by atomic mass is 10.1. The number of nitrogens with zero attached hydrogens (tertiary/aromatic N) is 2. The van der Waals surface area contributed by atoms with Gasteiger partial charge in [0, 0.05) is 18.4 Å². The molecule has 2 rings (SSSR count). The van der Waals surface area contributed by atoms with Crippen molar-refractivity contribution in [3.05, 3.63) is 23.9 Å². The first-order chi connectivity index (χ1) is 7.29. The van der Waals surface area contributed by atoms with Crippen LogP contribution in [0.25, 0.3) is 0 Å². The molecule has 0 saturated carbocycles. The highest BCUT2D eigenvalue weighted by atomic mass is 35.5. The summed E-state index contributed by atoms with van der Waals surface area (Å²) in [5.41, 5.74) is 0. The molecule has 0 amide bonds. The standard InChI is InChI=1S/C11H17N3O.ClH/c1-8(12-2)7-10-13-11(15-14-10)9-5-3-4-6-9;/h3-4,8-9,12H,5-7H2,1-2H3;1H. The maximum absolute atomic E-state index is 5.27. The first-order valence-electron chi connectivity index (χ1n) is 5.44. The van der Waals surface area contributed by atoms with Crippen LogP contribution in [-0.4, -0.2) is 23.2 Å². The minimum Gasteiger partial charge on any atom is -0.339 e. The molecule has 1 atom stereocenters. The van der Waals surface area contributed by atoms with Crippen LogP contribution in [-0.2, 0) is 6.42 Å². The molecule has 1 heterocycles. The highest BCUT2D eigenvalue weighted by Crippen LogP contribution is 2.27. The van der Waals surface area contributed by atoms with E-state index in [4.69, 9.17) is 4.52 Å². The van der Waals surface area contributed by atoms with Crippen LogP contribution in [0.15, 0.2) is 16.7 Å². The Morgan fingerprint density at radius 2 is 2.19 bits per heavy atom. The van der Waals surface area contributed by atoms with Gasteiger partial charge in [-0.25, -0.2) is 0 Å². The molecule has 1 N–H and O–H groups in total. The van der Waals surface area contributed by atoms with Gasteiger partial charge in [0.05, 0.1) is 0 Å². The average molecular weight is 244 g/mol. The van der Waals surface area contributed by atoms with E-state index in [9.17, 15) is 0 Å². The molecule has 1 aliphatic rings. The largest absolute Gasteiger partial charge is 0.339 e. The molecule has 90 valence electrons. The summed E-state index contributed by atoms with van der Waals surface area (Å²) in [7, 11) is 1.94. The zero-order valence-electron chi connectivity index (χ0n) is 9.64. The number of hydrogen-bond acceptors (Lipinski definition) is 4. The zero-order valence-corrected chi connectivity index (χ0v) is 10.5. The van der Waals surface area contributed by atoms with Crippen molar-refractivity contribution in [3.8, 4) is 0 Å². The molecular weight excluding hydrogens is 226 g/mol. The molecule has 0 saturated heterocycles. The van der Waals surface area contributed by atoms with Crippen LogP contribution in [0.1, 0.15) is 37.4 Å². The summed E-state index contributed by atoms with van der Waals surface area (Å²) in [5, 5.41) is 7.15. The van der Waals surface area contributed by atoms with Gasteiger partial charge in [0.15, 0.2) is 5.82 Å². The van der Waals surface area contributed by atoms with Crippen LogP contribution in [0.3, 0.4) is 0 Å². The first kappa shape index (κ1) is 13.2. The second kappa shape index (κ2) is 6.01. The van der Waals surface area contributed by atoms with Crippen molar-refractivity contribution in [2.45, 2.75) is 38.1 Å². The molecular formula is C11H18ClN3O. The molecule has 0 aliphatic heterocycles. The third-order valence-corrected chi connectivity index (χ3v) is 2.82. The number of rotatable bonds is 4. The van der Waals surface area contributed by atoms with E-state index in [0.717, 1.165) is 31.0 Å². The number of hydrogen-bond donors (Lipinski definition) is 1. The third-order valence-electron chi connectivity index (χ3n) is 2.82. The van der Waals surface area contributed by atoms with Crippen LogP contribution >= 0.6 is 12.4 Å². The predicted molar refractivity (Wildman–Crippen MR) is 64.9 cm³/mol. The first-order valence-corrected chi connectivity index (χ1v) is 5.44. The lowest BCUT2D eigenvalue weighted by molar-refractivity contribution is 0.351. The second-order valence-corrected chi connectivity index (χ2v) is 4.08. The van der Waals surface area contributed by atoms with Gasteiger partial charge in [-0.05, 0) is 26.8 Å². The molecule has 0 bridgehead atoms. The lowest BCUT2D eigenvalue weighted by Crippen LogP contribution is -2.24. The highest BCUT2D eigenvalue weighted by Gasteiger charge is 2.20. The summed E-state index contributed by atoms with van der Waals surface area (Å²) in [6.07, 6.45) is 7.22. The fourth-order valence-corrected chi connectivity index (χ4v) is 1.71. The van der Waals surface area contributed by atoms with Crippen LogP contribution in [0.2, 0.25) is 0 Å². The molecule has 1 aromatic heterocycles. The second-order valence-electron chi connectivity index (χ2n) is 4.08. The van der Waals surface area contributed by atoms with E-state index in [1.165, 1.54) is 0 Å². The van der Waals surface area contributed by atoms with Gasteiger partial charge >= 0.3 is 0 Å². The van der Waals surface area contributed by atoms with E-state index in [1.807, 2.05) is 7.05 Å². The van der Waals surface area contributed by atoms with E-state index in [0.29, 0.717) is 12.0 Å². The summed E-state index contributed by atoms with van der Waals surface area (Å²) in [6, 6.07) is 0.386. The number of halogens is 1. The normalized spacial score (nSPS) is 17.4. The van der Waals surface area contributed by atoms with Crippen molar-refractivity contribution >= 4 is 12.4 Å².